The number of hydrogen-bond acceptors (Lipinski definition) is 12. The monoisotopic (exact) mass is 737 g/mol. The smallest absolute Gasteiger partial charge is 0.352 e. The highest BCUT2D eigenvalue weighted by Crippen LogP contribution is 2.43. The maximum absolute atomic E-state index is 15.8. The Bertz CT molecular complexity index is 1990. The van der Waals surface area contributed by atoms with Crippen LogP contribution in [0.4, 0.5) is 15.2 Å². The molecule has 3 atom stereocenters. The minimum absolute atomic E-state index is 0.107. The number of halogens is 1. The van der Waals surface area contributed by atoms with Crippen molar-refractivity contribution in [2.75, 3.05) is 48.4 Å². The molecule has 3 fully saturated rings. The van der Waals surface area contributed by atoms with E-state index >= 15 is 4.39 Å². The molecule has 0 radical (unpaired) electrons. The van der Waals surface area contributed by atoms with Crippen molar-refractivity contribution in [3.8, 4) is 12.3 Å². The molecule has 0 bridgehead atoms. The average Bonchev–Trinajstić information content (AvgIpc) is 3.86. The van der Waals surface area contributed by atoms with Crippen molar-refractivity contribution in [1.82, 2.24) is 20.5 Å². The first-order chi connectivity index (χ1) is 24.2. The van der Waals surface area contributed by atoms with Crippen molar-refractivity contribution in [3.05, 3.63) is 52.6 Å². The van der Waals surface area contributed by atoms with Gasteiger partial charge in [0.15, 0.2) is 29.7 Å². The van der Waals surface area contributed by atoms with E-state index in [1.165, 1.54) is 33.8 Å². The van der Waals surface area contributed by atoms with E-state index in [1.807, 2.05) is 18.3 Å². The predicted octanol–water partition coefficient (Wildman–Crippen LogP) is 2.32. The number of nitrogens with zero attached hydrogens (tertiary/aromatic N) is 5. The molecule has 4 aliphatic rings. The van der Waals surface area contributed by atoms with Crippen LogP contribution >= 0.6 is 34.9 Å². The Morgan fingerprint density at radius 3 is 2.90 bits per heavy atom. The molecule has 5 heterocycles. The highest BCUT2D eigenvalue weighted by atomic mass is 32.2. The number of piperazine rings is 1. The second-order valence-electron chi connectivity index (χ2n) is 12.3. The van der Waals surface area contributed by atoms with Crippen molar-refractivity contribution < 1.29 is 33.3 Å². The molecular formula is C33H34FN8O5S3+. The van der Waals surface area contributed by atoms with E-state index in [4.69, 9.17) is 17.0 Å². The lowest BCUT2D eigenvalue weighted by atomic mass is 10.0. The van der Waals surface area contributed by atoms with E-state index in [9.17, 15) is 19.5 Å². The van der Waals surface area contributed by atoms with Gasteiger partial charge in [0.1, 0.15) is 28.6 Å². The summed E-state index contributed by atoms with van der Waals surface area (Å²) in [4.78, 5) is 52.5. The van der Waals surface area contributed by atoms with Gasteiger partial charge < -0.3 is 31.2 Å². The lowest BCUT2D eigenvalue weighted by Crippen LogP contribution is -2.71. The van der Waals surface area contributed by atoms with E-state index in [0.717, 1.165) is 53.1 Å². The van der Waals surface area contributed by atoms with E-state index in [2.05, 4.69) is 43.1 Å². The number of terminal acetylenes is 1. The molecule has 1 aliphatic carbocycles. The van der Waals surface area contributed by atoms with Gasteiger partial charge in [-0.05, 0) is 18.6 Å². The minimum atomic E-state index is -1.24. The van der Waals surface area contributed by atoms with Crippen LogP contribution in [0.3, 0.4) is 0 Å². The van der Waals surface area contributed by atoms with Gasteiger partial charge in [-0.2, -0.15) is 4.57 Å². The topological polar surface area (TPSA) is 166 Å². The number of aromatic nitrogens is 2. The van der Waals surface area contributed by atoms with E-state index < -0.39 is 29.2 Å². The van der Waals surface area contributed by atoms with Gasteiger partial charge >= 0.3 is 5.97 Å². The maximum Gasteiger partial charge on any atom is 0.352 e. The molecule has 17 heteroatoms. The number of nitrogens with one attached hydrogen (secondary N) is 2. The van der Waals surface area contributed by atoms with Crippen molar-refractivity contribution in [1.29, 1.82) is 0 Å². The predicted molar refractivity (Wildman–Crippen MR) is 190 cm³/mol. The van der Waals surface area contributed by atoms with Gasteiger partial charge in [0.25, 0.3) is 11.8 Å². The molecule has 2 saturated heterocycles. The largest absolute Gasteiger partial charge is 0.477 e. The summed E-state index contributed by atoms with van der Waals surface area (Å²) < 4.78 is 18.0. The Balaban J connectivity index is 1.11. The van der Waals surface area contributed by atoms with Crippen molar-refractivity contribution >= 4 is 80.1 Å². The number of carboxylic acids is 1. The molecule has 5 N–H and O–H groups in total. The van der Waals surface area contributed by atoms with Gasteiger partial charge in [0.05, 0.1) is 11.1 Å². The van der Waals surface area contributed by atoms with Gasteiger partial charge in [-0.15, -0.1) is 41.3 Å². The molecule has 3 aliphatic heterocycles. The number of amides is 2. The molecule has 2 aromatic heterocycles. The number of hydrogen-bond donors (Lipinski definition) is 4. The SMILES string of the molecule is C#CCO/N=C(\C(=O)NC1C(=O)N2C(C(=O)O)=C(CSc3cc[n+](C4CC4)c4cc(N5CCNCC5C)c(F)cc34)CS[C@H]12)c1csc(N)n1. The first-order valence-corrected chi connectivity index (χ1v) is 18.9. The number of carbonyl (C=O) groups is 3. The first kappa shape index (κ1) is 34.1. The van der Waals surface area contributed by atoms with Crippen LogP contribution in [0, 0.1) is 18.2 Å². The molecular weight excluding hydrogens is 704 g/mol. The summed E-state index contributed by atoms with van der Waals surface area (Å²) in [7, 11) is 0. The van der Waals surface area contributed by atoms with Gasteiger partial charge in [-0.25, -0.2) is 14.2 Å². The Morgan fingerprint density at radius 2 is 2.20 bits per heavy atom. The van der Waals surface area contributed by atoms with Gasteiger partial charge in [-0.1, -0.05) is 11.1 Å². The van der Waals surface area contributed by atoms with Crippen LogP contribution in [-0.4, -0.2) is 93.7 Å². The third-order valence-corrected chi connectivity index (χ3v) is 12.1. The summed E-state index contributed by atoms with van der Waals surface area (Å²) in [6.45, 7) is 4.17. The maximum atomic E-state index is 15.8. The number of nitrogens with two attached hydrogens (primary N) is 1. The lowest BCUT2D eigenvalue weighted by molar-refractivity contribution is -0.675. The zero-order valence-electron chi connectivity index (χ0n) is 26.9. The van der Waals surface area contributed by atoms with E-state index in [1.54, 1.807) is 6.07 Å². The summed E-state index contributed by atoms with van der Waals surface area (Å²) in [6.07, 6.45) is 9.38. The Hall–Kier alpha value is -4.37. The molecule has 7 rings (SSSR count). The van der Waals surface area contributed by atoms with Crippen molar-refractivity contribution in [3.63, 3.8) is 0 Å². The first-order valence-electron chi connectivity index (χ1n) is 16.0. The Morgan fingerprint density at radius 1 is 1.38 bits per heavy atom. The molecule has 1 saturated carbocycles. The summed E-state index contributed by atoms with van der Waals surface area (Å²) in [5, 5.41) is 21.9. The standard InChI is InChI=1S/C33H33FN8O5S3/c1-3-10-47-39-26(22-16-50-33(35)37-22)29(43)38-27-30(44)42-28(32(45)46)18(15-49-31(27)42)14-48-25-6-8-41(19-4-5-19)23-12-24(21(34)11-20(23)25)40-9-7-36-13-17(40)2/h1,6,8,11-12,16-17,19,27,31,36H,4-5,7,9-10,13-15H2,2H3,(H3-,35,37,38,43,45,46)/p+1/b39-26-/t17?,27?,31-/m1/s1. The normalized spacial score (nSPS) is 22.2. The molecule has 2 amide bonds. The van der Waals surface area contributed by atoms with E-state index in [0.29, 0.717) is 29.6 Å². The van der Waals surface area contributed by atoms with Crippen molar-refractivity contribution in [2.45, 2.75) is 48.2 Å². The van der Waals surface area contributed by atoms with Crippen LogP contribution in [0.5, 0.6) is 0 Å². The second-order valence-corrected chi connectivity index (χ2v) is 15.3. The van der Waals surface area contributed by atoms with Crippen LogP contribution < -0.4 is 25.8 Å². The third-order valence-electron chi connectivity index (χ3n) is 8.97. The molecule has 50 heavy (non-hydrogen) atoms. The van der Waals surface area contributed by atoms with Gasteiger partial charge in [0, 0.05) is 72.4 Å². The minimum Gasteiger partial charge on any atom is -0.477 e. The fourth-order valence-electron chi connectivity index (χ4n) is 6.40. The molecule has 260 valence electrons. The number of fused-ring (bicyclic) bond motifs is 2. The summed E-state index contributed by atoms with van der Waals surface area (Å²) in [6, 6.07) is 5.02. The quantitative estimate of drug-likeness (QED) is 0.0434. The molecule has 3 aromatic rings. The van der Waals surface area contributed by atoms with Crippen LogP contribution in [0.15, 0.2) is 51.1 Å². The van der Waals surface area contributed by atoms with Gasteiger partial charge in [0.2, 0.25) is 5.52 Å². The zero-order valence-corrected chi connectivity index (χ0v) is 29.4. The third kappa shape index (κ3) is 6.48. The average molecular weight is 738 g/mol. The number of thiazole rings is 1. The van der Waals surface area contributed by atoms with Crippen molar-refractivity contribution in [2.24, 2.45) is 5.16 Å². The molecule has 1 aromatic carbocycles. The second kappa shape index (κ2) is 14.1. The number of β-lactam (4-membered cyclic amide) rings is 1. The number of carboxylic acid groups (broad SMARTS) is 1. The summed E-state index contributed by atoms with van der Waals surface area (Å²) in [5.74, 6) is 0.00222. The molecule has 2 unspecified atom stereocenters. The van der Waals surface area contributed by atoms with Crippen LogP contribution in [0.25, 0.3) is 10.9 Å². The highest BCUT2D eigenvalue weighted by molar-refractivity contribution is 8.01. The number of oxime groups is 1. The zero-order chi connectivity index (χ0) is 35.1. The Kier molecular flexibility index (Phi) is 9.61. The summed E-state index contributed by atoms with van der Waals surface area (Å²) in [5.41, 5.74) is 7.64. The van der Waals surface area contributed by atoms with Crippen LogP contribution in [-0.2, 0) is 19.2 Å². The summed E-state index contributed by atoms with van der Waals surface area (Å²) >= 11 is 3.87. The fourth-order valence-corrected chi connectivity index (χ4v) is 9.47. The molecule has 13 nitrogen and oxygen atoms in total. The number of thioether (sulfide) groups is 2. The Labute approximate surface area is 299 Å². The van der Waals surface area contributed by atoms with Gasteiger partial charge in [-0.3, -0.25) is 14.5 Å². The number of nitrogen functional groups attached to an aromatic ring is 1. The number of rotatable bonds is 11. The number of anilines is 2. The number of pyridine rings is 1. The van der Waals surface area contributed by atoms with Crippen LogP contribution in [0.1, 0.15) is 31.5 Å². The highest BCUT2D eigenvalue weighted by Gasteiger charge is 2.54. The number of benzene rings is 1. The number of aliphatic carboxylic acids is 1. The fraction of sp³-hybridized carbons (Fsp3) is 0.394. The van der Waals surface area contributed by atoms with Crippen LogP contribution in [0.2, 0.25) is 0 Å². The molecule has 0 spiro atoms. The van der Waals surface area contributed by atoms with E-state index in [-0.39, 0.29) is 46.5 Å². The lowest BCUT2D eigenvalue weighted by Gasteiger charge is -2.49. The number of carbonyl (C=O) groups excluding carboxylic acids is 2.